The van der Waals surface area contributed by atoms with Crippen LogP contribution in [0.5, 0.6) is 11.5 Å². The van der Waals surface area contributed by atoms with Gasteiger partial charge in [0.2, 0.25) is 12.7 Å². The maximum atomic E-state index is 12.1. The maximum Gasteiger partial charge on any atom is 0.234 e. The summed E-state index contributed by atoms with van der Waals surface area (Å²) in [5, 5.41) is 4.97. The Morgan fingerprint density at radius 3 is 3.00 bits per heavy atom. The Morgan fingerprint density at radius 1 is 1.30 bits per heavy atom. The molecule has 0 fully saturated rings. The molecule has 0 saturated carbocycles. The third-order valence-corrected chi connectivity index (χ3v) is 4.60. The van der Waals surface area contributed by atoms with Gasteiger partial charge in [-0.3, -0.25) is 9.69 Å². The number of nitrogens with one attached hydrogen (secondary N) is 1. The smallest absolute Gasteiger partial charge is 0.234 e. The maximum absolute atomic E-state index is 12.1. The summed E-state index contributed by atoms with van der Waals surface area (Å²) in [6.45, 7) is 4.72. The summed E-state index contributed by atoms with van der Waals surface area (Å²) in [4.78, 5) is 15.4. The first-order valence-corrected chi connectivity index (χ1v) is 8.53. The molecule has 0 unspecified atom stereocenters. The van der Waals surface area contributed by atoms with Gasteiger partial charge in [0.25, 0.3) is 0 Å². The average molecular weight is 332 g/mol. The highest BCUT2D eigenvalue weighted by Crippen LogP contribution is 2.35. The number of hydrogen-bond acceptors (Lipinski definition) is 5. The first-order valence-electron chi connectivity index (χ1n) is 7.65. The predicted octanol–water partition coefficient (Wildman–Crippen LogP) is 2.62. The number of benzene rings is 1. The fourth-order valence-corrected chi connectivity index (χ4v) is 3.14. The number of likely N-dealkylation sites (N-methyl/N-ethyl adjacent to an activating group) is 1. The van der Waals surface area contributed by atoms with E-state index in [1.54, 1.807) is 11.3 Å². The Bertz CT molecular complexity index is 658. The second-order valence-electron chi connectivity index (χ2n) is 5.31. The lowest BCUT2D eigenvalue weighted by molar-refractivity contribution is -0.122. The molecule has 0 spiro atoms. The van der Waals surface area contributed by atoms with Gasteiger partial charge in [0.1, 0.15) is 0 Å². The second-order valence-corrected chi connectivity index (χ2v) is 6.34. The van der Waals surface area contributed by atoms with Gasteiger partial charge in [-0.2, -0.15) is 0 Å². The molecule has 3 rings (SSSR count). The van der Waals surface area contributed by atoms with Gasteiger partial charge in [0, 0.05) is 17.0 Å². The average Bonchev–Trinajstić information content (AvgIpc) is 3.23. The van der Waals surface area contributed by atoms with Crippen LogP contribution in [0.3, 0.4) is 0 Å². The number of hydrogen-bond donors (Lipinski definition) is 1. The highest BCUT2D eigenvalue weighted by atomic mass is 32.1. The normalized spacial score (nSPS) is 12.6. The van der Waals surface area contributed by atoms with Crippen molar-refractivity contribution in [3.05, 3.63) is 46.2 Å². The Balaban J connectivity index is 1.55. The zero-order valence-corrected chi connectivity index (χ0v) is 13.9. The van der Waals surface area contributed by atoms with Gasteiger partial charge in [-0.05, 0) is 24.1 Å². The van der Waals surface area contributed by atoms with Crippen LogP contribution in [0.4, 0.5) is 0 Å². The molecule has 23 heavy (non-hydrogen) atoms. The molecule has 0 aliphatic carbocycles. The van der Waals surface area contributed by atoms with Gasteiger partial charge in [-0.1, -0.05) is 25.1 Å². The summed E-state index contributed by atoms with van der Waals surface area (Å²) in [5.41, 5.74) is 1.05. The summed E-state index contributed by atoms with van der Waals surface area (Å²) in [5.74, 6) is 1.61. The molecule has 2 heterocycles. The van der Waals surface area contributed by atoms with E-state index in [4.69, 9.17) is 9.47 Å². The Hall–Kier alpha value is -2.05. The zero-order valence-electron chi connectivity index (χ0n) is 13.1. The summed E-state index contributed by atoms with van der Waals surface area (Å²) in [6, 6.07) is 9.87. The van der Waals surface area contributed by atoms with E-state index < -0.39 is 0 Å². The number of fused-ring (bicyclic) bond motifs is 1. The van der Waals surface area contributed by atoms with Gasteiger partial charge in [0.15, 0.2) is 11.5 Å². The van der Waals surface area contributed by atoms with Crippen molar-refractivity contribution in [3.8, 4) is 11.5 Å². The minimum Gasteiger partial charge on any atom is -0.454 e. The lowest BCUT2D eigenvalue weighted by Crippen LogP contribution is -2.36. The van der Waals surface area contributed by atoms with Gasteiger partial charge in [-0.15, -0.1) is 11.3 Å². The van der Waals surface area contributed by atoms with E-state index >= 15 is 0 Å². The van der Waals surface area contributed by atoms with E-state index in [1.807, 2.05) is 42.6 Å². The molecule has 1 aromatic carbocycles. The van der Waals surface area contributed by atoms with Crippen LogP contribution in [-0.4, -0.2) is 30.7 Å². The van der Waals surface area contributed by atoms with Crippen LogP contribution in [0.2, 0.25) is 0 Å². The number of para-hydroxylation sites is 1. The van der Waals surface area contributed by atoms with E-state index in [0.29, 0.717) is 19.6 Å². The summed E-state index contributed by atoms with van der Waals surface area (Å²) in [7, 11) is 0. The number of rotatable bonds is 7. The SMILES string of the molecule is CCN(CC(=O)NCc1cccs1)Cc1cccc2c1OCO2. The number of nitrogens with zero attached hydrogens (tertiary/aromatic N) is 1. The van der Waals surface area contributed by atoms with Crippen LogP contribution in [0, 0.1) is 0 Å². The van der Waals surface area contributed by atoms with Crippen LogP contribution < -0.4 is 14.8 Å². The van der Waals surface area contributed by atoms with Crippen molar-refractivity contribution in [2.24, 2.45) is 0 Å². The Kier molecular flexibility index (Phi) is 5.15. The van der Waals surface area contributed by atoms with Crippen LogP contribution in [0.25, 0.3) is 0 Å². The van der Waals surface area contributed by atoms with Crippen molar-refractivity contribution < 1.29 is 14.3 Å². The van der Waals surface area contributed by atoms with Crippen LogP contribution in [0.1, 0.15) is 17.4 Å². The molecule has 1 aliphatic heterocycles. The number of thiophene rings is 1. The Labute approximate surface area is 139 Å². The molecule has 1 amide bonds. The number of amides is 1. The topological polar surface area (TPSA) is 50.8 Å². The van der Waals surface area contributed by atoms with E-state index in [0.717, 1.165) is 28.5 Å². The molecule has 0 atom stereocenters. The largest absolute Gasteiger partial charge is 0.454 e. The summed E-state index contributed by atoms with van der Waals surface area (Å²) >= 11 is 1.65. The first kappa shape index (κ1) is 15.8. The van der Waals surface area contributed by atoms with E-state index in [9.17, 15) is 4.79 Å². The third kappa shape index (κ3) is 4.03. The second kappa shape index (κ2) is 7.48. The molecule has 1 aromatic heterocycles. The van der Waals surface area contributed by atoms with Crippen molar-refractivity contribution in [3.63, 3.8) is 0 Å². The fourth-order valence-electron chi connectivity index (χ4n) is 2.49. The molecule has 0 bridgehead atoms. The van der Waals surface area contributed by atoms with Gasteiger partial charge in [-0.25, -0.2) is 0 Å². The van der Waals surface area contributed by atoms with Crippen molar-refractivity contribution >= 4 is 17.2 Å². The molecule has 1 aliphatic rings. The van der Waals surface area contributed by atoms with Crippen LogP contribution >= 0.6 is 11.3 Å². The highest BCUT2D eigenvalue weighted by molar-refractivity contribution is 7.09. The van der Waals surface area contributed by atoms with E-state index in [1.165, 1.54) is 0 Å². The predicted molar refractivity (Wildman–Crippen MR) is 89.7 cm³/mol. The molecular weight excluding hydrogens is 312 g/mol. The van der Waals surface area contributed by atoms with Gasteiger partial charge < -0.3 is 14.8 Å². The molecule has 1 N–H and O–H groups in total. The van der Waals surface area contributed by atoms with Crippen molar-refractivity contribution in [1.29, 1.82) is 0 Å². The standard InChI is InChI=1S/C17H20N2O3S/c1-2-19(11-16(20)18-9-14-6-4-8-23-14)10-13-5-3-7-15-17(13)22-12-21-15/h3-8H,2,9-12H2,1H3,(H,18,20). The lowest BCUT2D eigenvalue weighted by Gasteiger charge is -2.20. The number of ether oxygens (including phenoxy) is 2. The monoisotopic (exact) mass is 332 g/mol. The number of carbonyl (C=O) groups excluding carboxylic acids is 1. The molecule has 2 aromatic rings. The molecule has 0 saturated heterocycles. The third-order valence-electron chi connectivity index (χ3n) is 3.73. The van der Waals surface area contributed by atoms with Gasteiger partial charge >= 0.3 is 0 Å². The molecular formula is C17H20N2O3S. The van der Waals surface area contributed by atoms with Crippen LogP contribution in [-0.2, 0) is 17.9 Å². The molecule has 0 radical (unpaired) electrons. The molecule has 6 heteroatoms. The zero-order chi connectivity index (χ0) is 16.1. The van der Waals surface area contributed by atoms with E-state index in [-0.39, 0.29) is 12.7 Å². The molecule has 5 nitrogen and oxygen atoms in total. The summed E-state index contributed by atoms with van der Waals surface area (Å²) < 4.78 is 10.9. The van der Waals surface area contributed by atoms with Crippen LogP contribution in [0.15, 0.2) is 35.7 Å². The fraction of sp³-hybridized carbons (Fsp3) is 0.353. The molecule has 122 valence electrons. The Morgan fingerprint density at radius 2 is 2.22 bits per heavy atom. The van der Waals surface area contributed by atoms with Crippen molar-refractivity contribution in [2.45, 2.75) is 20.0 Å². The minimum atomic E-state index is 0.0324. The number of carbonyl (C=O) groups is 1. The lowest BCUT2D eigenvalue weighted by atomic mass is 10.1. The van der Waals surface area contributed by atoms with E-state index in [2.05, 4.69) is 10.2 Å². The van der Waals surface area contributed by atoms with Crippen molar-refractivity contribution in [2.75, 3.05) is 19.9 Å². The minimum absolute atomic E-state index is 0.0324. The summed E-state index contributed by atoms with van der Waals surface area (Å²) in [6.07, 6.45) is 0. The van der Waals surface area contributed by atoms with Gasteiger partial charge in [0.05, 0.1) is 13.1 Å². The highest BCUT2D eigenvalue weighted by Gasteiger charge is 2.19. The quantitative estimate of drug-likeness (QED) is 0.847. The van der Waals surface area contributed by atoms with Crippen molar-refractivity contribution in [1.82, 2.24) is 10.2 Å². The first-order chi connectivity index (χ1) is 11.3.